The van der Waals surface area contributed by atoms with Gasteiger partial charge in [-0.1, -0.05) is 6.07 Å². The van der Waals surface area contributed by atoms with Gasteiger partial charge in [0.05, 0.1) is 6.54 Å². The average molecular weight is 328 g/mol. The predicted molar refractivity (Wildman–Crippen MR) is 77.6 cm³/mol. The smallest absolute Gasteiger partial charge is 0.344 e. The number of benzene rings is 1. The molecule has 1 rings (SSSR count). The Morgan fingerprint density at radius 1 is 1.17 bits per heavy atom. The van der Waals surface area contributed by atoms with Gasteiger partial charge < -0.3 is 15.0 Å². The Labute approximate surface area is 132 Å². The molecule has 1 N–H and O–H groups in total. The number of hydrogen-bond acceptors (Lipinski definition) is 4. The molecule has 0 aliphatic carbocycles. The molecule has 0 fully saturated rings. The van der Waals surface area contributed by atoms with Gasteiger partial charge >= 0.3 is 5.97 Å². The fraction of sp³-hybridized carbons (Fsp3) is 0.400. The first kappa shape index (κ1) is 18.5. The molecular weight excluding hydrogens is 310 g/mol. The third-order valence-electron chi connectivity index (χ3n) is 2.94. The van der Waals surface area contributed by atoms with Crippen LogP contribution in [0.15, 0.2) is 18.2 Å². The molecule has 0 aliphatic rings. The molecule has 0 radical (unpaired) electrons. The first-order valence-corrected chi connectivity index (χ1v) is 7.06. The molecule has 0 spiro atoms. The van der Waals surface area contributed by atoms with E-state index in [0.717, 1.165) is 23.1 Å². The van der Waals surface area contributed by atoms with E-state index in [2.05, 4.69) is 10.1 Å². The quantitative estimate of drug-likeness (QED) is 0.761. The largest absolute Gasteiger partial charge is 0.452 e. The number of esters is 1. The summed E-state index contributed by atoms with van der Waals surface area (Å²) in [7, 11) is 0. The second-order valence-electron chi connectivity index (χ2n) is 4.53. The standard InChI is InChI=1S/C15H18F2N2O4/c1-3-18-12(20)8-19(4-2)13(21)9-23-15(22)14-10(16)6-5-7-11(14)17/h5-7H,3-4,8-9H2,1-2H3,(H,18,20). The van der Waals surface area contributed by atoms with E-state index in [1.54, 1.807) is 13.8 Å². The van der Waals surface area contributed by atoms with Crippen molar-refractivity contribution in [2.45, 2.75) is 13.8 Å². The Bertz CT molecular complexity index is 573. The van der Waals surface area contributed by atoms with Crippen molar-refractivity contribution < 1.29 is 27.9 Å². The zero-order valence-corrected chi connectivity index (χ0v) is 12.9. The van der Waals surface area contributed by atoms with Crippen molar-refractivity contribution in [1.29, 1.82) is 0 Å². The molecule has 0 atom stereocenters. The van der Waals surface area contributed by atoms with Gasteiger partial charge in [0.2, 0.25) is 5.91 Å². The Morgan fingerprint density at radius 3 is 2.30 bits per heavy atom. The van der Waals surface area contributed by atoms with Crippen LogP contribution in [0.1, 0.15) is 24.2 Å². The van der Waals surface area contributed by atoms with Crippen molar-refractivity contribution in [3.63, 3.8) is 0 Å². The number of ether oxygens (including phenoxy) is 1. The molecule has 0 saturated heterocycles. The Balaban J connectivity index is 2.63. The molecule has 0 heterocycles. The molecule has 0 saturated carbocycles. The lowest BCUT2D eigenvalue weighted by Crippen LogP contribution is -2.42. The number of carbonyl (C=O) groups excluding carboxylic acids is 3. The third kappa shape index (κ3) is 5.32. The summed E-state index contributed by atoms with van der Waals surface area (Å²) in [4.78, 5) is 36.2. The van der Waals surface area contributed by atoms with Crippen molar-refractivity contribution in [3.05, 3.63) is 35.4 Å². The highest BCUT2D eigenvalue weighted by Gasteiger charge is 2.21. The topological polar surface area (TPSA) is 75.7 Å². The number of halogens is 2. The number of nitrogens with one attached hydrogen (secondary N) is 1. The van der Waals surface area contributed by atoms with Gasteiger partial charge in [0.15, 0.2) is 6.61 Å². The number of nitrogens with zero attached hydrogens (tertiary/aromatic N) is 1. The molecule has 1 aromatic carbocycles. The summed E-state index contributed by atoms with van der Waals surface area (Å²) in [5.74, 6) is -4.41. The van der Waals surface area contributed by atoms with E-state index in [9.17, 15) is 23.2 Å². The van der Waals surface area contributed by atoms with Crippen LogP contribution < -0.4 is 5.32 Å². The van der Waals surface area contributed by atoms with Crippen molar-refractivity contribution in [3.8, 4) is 0 Å². The van der Waals surface area contributed by atoms with Gasteiger partial charge in [-0.05, 0) is 26.0 Å². The molecule has 0 aromatic heterocycles. The van der Waals surface area contributed by atoms with Crippen LogP contribution in [0.4, 0.5) is 8.78 Å². The van der Waals surface area contributed by atoms with Gasteiger partial charge in [-0.3, -0.25) is 9.59 Å². The maximum Gasteiger partial charge on any atom is 0.344 e. The number of rotatable bonds is 7. The van der Waals surface area contributed by atoms with E-state index < -0.39 is 35.7 Å². The first-order valence-electron chi connectivity index (χ1n) is 7.06. The summed E-state index contributed by atoms with van der Waals surface area (Å²) < 4.78 is 31.5. The first-order chi connectivity index (χ1) is 10.9. The molecule has 1 aromatic rings. The average Bonchev–Trinajstić information content (AvgIpc) is 2.50. The number of carbonyl (C=O) groups is 3. The van der Waals surface area contributed by atoms with Gasteiger partial charge in [0.25, 0.3) is 5.91 Å². The summed E-state index contributed by atoms with van der Waals surface area (Å²) in [6, 6.07) is 2.93. The number of likely N-dealkylation sites (N-methyl/N-ethyl adjacent to an activating group) is 2. The number of hydrogen-bond donors (Lipinski definition) is 1. The zero-order valence-electron chi connectivity index (χ0n) is 12.9. The molecule has 0 aliphatic heterocycles. The minimum absolute atomic E-state index is 0.186. The lowest BCUT2D eigenvalue weighted by atomic mass is 10.2. The van der Waals surface area contributed by atoms with E-state index in [0.29, 0.717) is 6.54 Å². The Morgan fingerprint density at radius 2 is 1.78 bits per heavy atom. The van der Waals surface area contributed by atoms with Crippen molar-refractivity contribution in [1.82, 2.24) is 10.2 Å². The van der Waals surface area contributed by atoms with Crippen LogP contribution in [0.2, 0.25) is 0 Å². The van der Waals surface area contributed by atoms with Gasteiger partial charge in [-0.15, -0.1) is 0 Å². The van der Waals surface area contributed by atoms with Crippen LogP contribution in [0.3, 0.4) is 0 Å². The van der Waals surface area contributed by atoms with Crippen molar-refractivity contribution in [2.75, 3.05) is 26.2 Å². The maximum absolute atomic E-state index is 13.4. The summed E-state index contributed by atoms with van der Waals surface area (Å²) in [6.07, 6.45) is 0. The molecule has 0 bridgehead atoms. The second kappa shape index (κ2) is 8.82. The van der Waals surface area contributed by atoms with Gasteiger partial charge in [0, 0.05) is 13.1 Å². The SMILES string of the molecule is CCNC(=O)CN(CC)C(=O)COC(=O)c1c(F)cccc1F. The van der Waals surface area contributed by atoms with Gasteiger partial charge in [0.1, 0.15) is 17.2 Å². The van der Waals surface area contributed by atoms with Gasteiger partial charge in [-0.2, -0.15) is 0 Å². The monoisotopic (exact) mass is 328 g/mol. The van der Waals surface area contributed by atoms with Crippen LogP contribution in [-0.4, -0.2) is 48.9 Å². The molecule has 6 nitrogen and oxygen atoms in total. The van der Waals surface area contributed by atoms with E-state index in [-0.39, 0.29) is 19.0 Å². The molecule has 2 amide bonds. The second-order valence-corrected chi connectivity index (χ2v) is 4.53. The summed E-state index contributed by atoms with van der Waals surface area (Å²) in [5.41, 5.74) is -0.855. The third-order valence-corrected chi connectivity index (χ3v) is 2.94. The van der Waals surface area contributed by atoms with Crippen molar-refractivity contribution >= 4 is 17.8 Å². The fourth-order valence-corrected chi connectivity index (χ4v) is 1.79. The lowest BCUT2D eigenvalue weighted by Gasteiger charge is -2.20. The Kier molecular flexibility index (Phi) is 7.11. The normalized spacial score (nSPS) is 10.1. The van der Waals surface area contributed by atoms with E-state index >= 15 is 0 Å². The maximum atomic E-state index is 13.4. The molecule has 23 heavy (non-hydrogen) atoms. The highest BCUT2D eigenvalue weighted by atomic mass is 19.1. The van der Waals surface area contributed by atoms with Crippen LogP contribution >= 0.6 is 0 Å². The highest BCUT2D eigenvalue weighted by molar-refractivity contribution is 5.92. The Hall–Kier alpha value is -2.51. The molecule has 0 unspecified atom stereocenters. The molecule has 8 heteroatoms. The fourth-order valence-electron chi connectivity index (χ4n) is 1.79. The van der Waals surface area contributed by atoms with Crippen LogP contribution in [-0.2, 0) is 14.3 Å². The lowest BCUT2D eigenvalue weighted by molar-refractivity contribution is -0.138. The minimum Gasteiger partial charge on any atom is -0.452 e. The van der Waals surface area contributed by atoms with E-state index in [1.165, 1.54) is 0 Å². The number of amides is 2. The van der Waals surface area contributed by atoms with Crippen LogP contribution in [0, 0.1) is 11.6 Å². The summed E-state index contributed by atoms with van der Waals surface area (Å²) in [6.45, 7) is 3.14. The molecular formula is C15H18F2N2O4. The minimum atomic E-state index is -1.27. The van der Waals surface area contributed by atoms with Crippen LogP contribution in [0.25, 0.3) is 0 Å². The zero-order chi connectivity index (χ0) is 17.4. The van der Waals surface area contributed by atoms with E-state index in [1.807, 2.05) is 0 Å². The molecule has 126 valence electrons. The predicted octanol–water partition coefficient (Wildman–Crippen LogP) is 1.11. The van der Waals surface area contributed by atoms with Gasteiger partial charge in [-0.25, -0.2) is 13.6 Å². The van der Waals surface area contributed by atoms with Crippen LogP contribution in [0.5, 0.6) is 0 Å². The summed E-state index contributed by atoms with van der Waals surface area (Å²) in [5, 5.41) is 2.53. The van der Waals surface area contributed by atoms with Crippen molar-refractivity contribution in [2.24, 2.45) is 0 Å². The van der Waals surface area contributed by atoms with E-state index in [4.69, 9.17) is 0 Å². The summed E-state index contributed by atoms with van der Waals surface area (Å²) >= 11 is 0. The highest BCUT2D eigenvalue weighted by Crippen LogP contribution is 2.13.